The summed E-state index contributed by atoms with van der Waals surface area (Å²) in [7, 11) is 1.35. The van der Waals surface area contributed by atoms with Gasteiger partial charge in [-0.25, -0.2) is 27.5 Å². The summed E-state index contributed by atoms with van der Waals surface area (Å²) >= 11 is 0. The Labute approximate surface area is 217 Å². The number of morpholine rings is 1. The lowest BCUT2D eigenvalue weighted by Gasteiger charge is -2.28. The molecule has 10 nitrogen and oxygen atoms in total. The van der Waals surface area contributed by atoms with Crippen LogP contribution in [0.3, 0.4) is 0 Å². The molecule has 0 saturated carbocycles. The van der Waals surface area contributed by atoms with Crippen molar-refractivity contribution in [1.29, 1.82) is 0 Å². The quantitative estimate of drug-likeness (QED) is 0.349. The predicted octanol–water partition coefficient (Wildman–Crippen LogP) is 2.59. The van der Waals surface area contributed by atoms with Gasteiger partial charge in [0, 0.05) is 30.9 Å². The maximum Gasteiger partial charge on any atom is 0.342 e. The highest BCUT2D eigenvalue weighted by Gasteiger charge is 2.40. The number of anilines is 1. The van der Waals surface area contributed by atoms with Crippen molar-refractivity contribution in [1.82, 2.24) is 23.5 Å². The zero-order chi connectivity index (χ0) is 27.0. The Morgan fingerprint density at radius 2 is 1.90 bits per heavy atom. The van der Waals surface area contributed by atoms with Gasteiger partial charge in [0.2, 0.25) is 5.88 Å². The smallest absolute Gasteiger partial charge is 0.342 e. The molecule has 0 amide bonds. The summed E-state index contributed by atoms with van der Waals surface area (Å²) in [5.41, 5.74) is -1.43. The number of fused-ring (bicyclic) bond motifs is 4. The largest absolute Gasteiger partial charge is 0.480 e. The molecule has 0 aliphatic carbocycles. The minimum atomic E-state index is -1.18. The molecule has 39 heavy (non-hydrogen) atoms. The summed E-state index contributed by atoms with van der Waals surface area (Å²) in [5, 5.41) is -0.0664. The van der Waals surface area contributed by atoms with Gasteiger partial charge in [0.25, 0.3) is 5.56 Å². The molecule has 1 aromatic carbocycles. The highest BCUT2D eigenvalue weighted by Crippen LogP contribution is 2.35. The number of imidazole rings is 1. The molecule has 5 aromatic rings. The minimum Gasteiger partial charge on any atom is -0.480 e. The molecule has 2 aliphatic rings. The van der Waals surface area contributed by atoms with E-state index in [9.17, 15) is 22.8 Å². The van der Waals surface area contributed by atoms with E-state index in [1.807, 2.05) is 4.90 Å². The van der Waals surface area contributed by atoms with E-state index in [0.29, 0.717) is 19.0 Å². The Kier molecular flexibility index (Phi) is 5.07. The lowest BCUT2D eigenvalue weighted by atomic mass is 10.2. The summed E-state index contributed by atoms with van der Waals surface area (Å²) in [6.07, 6.45) is 3.43. The summed E-state index contributed by atoms with van der Waals surface area (Å²) in [5.74, 6) is -2.41. The molecule has 2 saturated heterocycles. The number of aromatic nitrogens is 5. The fraction of sp³-hybridized carbons (Fsp3) is 0.231. The van der Waals surface area contributed by atoms with Crippen LogP contribution in [-0.2, 0) is 4.74 Å². The van der Waals surface area contributed by atoms with E-state index >= 15 is 0 Å². The van der Waals surface area contributed by atoms with Gasteiger partial charge >= 0.3 is 5.69 Å². The molecule has 4 aromatic heterocycles. The molecule has 198 valence electrons. The van der Waals surface area contributed by atoms with Gasteiger partial charge in [-0.1, -0.05) is 0 Å². The number of hydrogen-bond acceptors (Lipinski definition) is 7. The summed E-state index contributed by atoms with van der Waals surface area (Å²) < 4.78 is 56.6. The molecule has 0 unspecified atom stereocenters. The van der Waals surface area contributed by atoms with Crippen LogP contribution in [0.1, 0.15) is 6.42 Å². The zero-order valence-corrected chi connectivity index (χ0v) is 20.3. The van der Waals surface area contributed by atoms with Crippen molar-refractivity contribution in [3.63, 3.8) is 0 Å². The fourth-order valence-electron chi connectivity index (χ4n) is 5.43. The van der Waals surface area contributed by atoms with E-state index in [1.165, 1.54) is 30.0 Å². The first-order valence-electron chi connectivity index (χ1n) is 12.1. The van der Waals surface area contributed by atoms with Gasteiger partial charge in [-0.2, -0.15) is 4.98 Å². The minimum absolute atomic E-state index is 0.0124. The third-order valence-corrected chi connectivity index (χ3v) is 7.23. The van der Waals surface area contributed by atoms with E-state index in [-0.39, 0.29) is 46.1 Å². The Balaban J connectivity index is 1.59. The van der Waals surface area contributed by atoms with E-state index in [1.54, 1.807) is 6.07 Å². The van der Waals surface area contributed by atoms with Crippen LogP contribution < -0.4 is 20.9 Å². The van der Waals surface area contributed by atoms with Crippen LogP contribution in [0.4, 0.5) is 19.0 Å². The first kappa shape index (κ1) is 23.5. The maximum absolute atomic E-state index is 14.4. The monoisotopic (exact) mass is 536 g/mol. The second kappa shape index (κ2) is 8.43. The van der Waals surface area contributed by atoms with Gasteiger partial charge in [0.1, 0.15) is 28.5 Å². The maximum atomic E-state index is 14.4. The van der Waals surface area contributed by atoms with Gasteiger partial charge < -0.3 is 14.4 Å². The number of hydrogen-bond donors (Lipinski definition) is 0. The molecular weight excluding hydrogens is 517 g/mol. The highest BCUT2D eigenvalue weighted by molar-refractivity contribution is 5.87. The van der Waals surface area contributed by atoms with Crippen LogP contribution in [0, 0.1) is 17.5 Å². The van der Waals surface area contributed by atoms with Crippen molar-refractivity contribution in [2.75, 3.05) is 25.2 Å². The van der Waals surface area contributed by atoms with Gasteiger partial charge in [-0.3, -0.25) is 13.8 Å². The van der Waals surface area contributed by atoms with Crippen LogP contribution in [0.2, 0.25) is 0 Å². The molecule has 0 N–H and O–H groups in total. The third-order valence-electron chi connectivity index (χ3n) is 7.23. The van der Waals surface area contributed by atoms with E-state index in [4.69, 9.17) is 9.47 Å². The number of benzene rings is 1. The van der Waals surface area contributed by atoms with Gasteiger partial charge in [-0.05, 0) is 24.6 Å². The second-order valence-electron chi connectivity index (χ2n) is 9.43. The van der Waals surface area contributed by atoms with Crippen LogP contribution in [-0.4, -0.2) is 55.9 Å². The van der Waals surface area contributed by atoms with Crippen molar-refractivity contribution >= 4 is 22.4 Å². The van der Waals surface area contributed by atoms with Crippen LogP contribution >= 0.6 is 0 Å². The zero-order valence-electron chi connectivity index (χ0n) is 20.3. The highest BCUT2D eigenvalue weighted by atomic mass is 19.2. The molecule has 6 heterocycles. The number of nitrogens with zero attached hydrogens (tertiary/aromatic N) is 6. The molecule has 0 radical (unpaired) electrons. The summed E-state index contributed by atoms with van der Waals surface area (Å²) in [6, 6.07) is 6.92. The van der Waals surface area contributed by atoms with Gasteiger partial charge in [-0.15, -0.1) is 0 Å². The molecule has 7 rings (SSSR count). The first-order valence-corrected chi connectivity index (χ1v) is 12.1. The van der Waals surface area contributed by atoms with Crippen molar-refractivity contribution in [2.24, 2.45) is 0 Å². The van der Waals surface area contributed by atoms with Gasteiger partial charge in [0.05, 0.1) is 43.3 Å². The van der Waals surface area contributed by atoms with Crippen molar-refractivity contribution in [3.05, 3.63) is 87.1 Å². The van der Waals surface area contributed by atoms with Crippen molar-refractivity contribution < 1.29 is 22.6 Å². The summed E-state index contributed by atoms with van der Waals surface area (Å²) in [4.78, 5) is 38.7. The topological polar surface area (TPSA) is 95.9 Å². The van der Waals surface area contributed by atoms with Crippen LogP contribution in [0.5, 0.6) is 5.88 Å². The predicted molar refractivity (Wildman–Crippen MR) is 134 cm³/mol. The normalized spacial score (nSPS) is 18.5. The Morgan fingerprint density at radius 1 is 1.05 bits per heavy atom. The SMILES string of the molecule is COc1nc(N2C[C@@H]3C[C@H]2CO3)cc2c1c(=O)n(-c1cnc3cc(F)ccn13)c(=O)n2-c1ccc(F)c(F)c1. The van der Waals surface area contributed by atoms with Crippen molar-refractivity contribution in [2.45, 2.75) is 18.6 Å². The van der Waals surface area contributed by atoms with E-state index < -0.39 is 28.7 Å². The van der Waals surface area contributed by atoms with Crippen LogP contribution in [0.15, 0.2) is 58.4 Å². The molecule has 0 spiro atoms. The number of ether oxygens (including phenoxy) is 2. The second-order valence-corrected chi connectivity index (χ2v) is 9.43. The van der Waals surface area contributed by atoms with E-state index in [0.717, 1.165) is 39.8 Å². The lowest BCUT2D eigenvalue weighted by Crippen LogP contribution is -2.40. The van der Waals surface area contributed by atoms with Crippen LogP contribution in [0.25, 0.3) is 28.1 Å². The fourth-order valence-corrected chi connectivity index (χ4v) is 5.43. The molecule has 2 fully saturated rings. The summed E-state index contributed by atoms with van der Waals surface area (Å²) in [6.45, 7) is 1.08. The Hall–Kier alpha value is -4.65. The average molecular weight is 536 g/mol. The molecular formula is C26H19F3N6O4. The number of halogens is 3. The lowest BCUT2D eigenvalue weighted by molar-refractivity contribution is 0.0988. The molecule has 2 aliphatic heterocycles. The number of methoxy groups -OCH3 is 1. The molecule has 2 bridgehead atoms. The Morgan fingerprint density at radius 3 is 2.62 bits per heavy atom. The number of pyridine rings is 2. The molecule has 2 atom stereocenters. The first-order chi connectivity index (χ1) is 18.8. The number of rotatable bonds is 4. The van der Waals surface area contributed by atoms with Crippen molar-refractivity contribution in [3.8, 4) is 17.4 Å². The third kappa shape index (κ3) is 3.46. The standard InChI is InChI=1S/C26H19F3N6O4/c1-38-24-23-19(9-21(31-24)33-11-16-7-15(33)12-39-16)34(14-2-3-17(28)18(29)8-14)26(37)35(25(23)36)22-10-30-20-6-13(27)4-5-32(20)22/h2-6,8-10,15-16H,7,11-12H2,1H3/t15-,16-/m0/s1. The average Bonchev–Trinajstić information content (AvgIpc) is 3.66. The van der Waals surface area contributed by atoms with Gasteiger partial charge in [0.15, 0.2) is 11.6 Å². The Bertz CT molecular complexity index is 1930. The van der Waals surface area contributed by atoms with E-state index in [2.05, 4.69) is 9.97 Å². The molecule has 13 heteroatoms.